The smallest absolute Gasteiger partial charge is 0.427 e. The molecule has 3 amide bonds. The van der Waals surface area contributed by atoms with Gasteiger partial charge < -0.3 is 26.1 Å². The van der Waals surface area contributed by atoms with Gasteiger partial charge in [0.15, 0.2) is 16.7 Å². The number of nitrogens with one attached hydrogen (secondary N) is 2. The van der Waals surface area contributed by atoms with Gasteiger partial charge in [-0.25, -0.2) is 24.6 Å². The van der Waals surface area contributed by atoms with Crippen LogP contribution in [-0.2, 0) is 19.2 Å². The summed E-state index contributed by atoms with van der Waals surface area (Å²) in [6.07, 6.45) is 3.23. The van der Waals surface area contributed by atoms with Crippen LogP contribution in [0.2, 0.25) is 0 Å². The number of hydrogen-bond acceptors (Lipinski definition) is 14. The molecule has 19 heteroatoms. The standard InChI is InChI=1S/C20H19N9O7S3/c1-36-25-12(9-7-39-19(21)23-9)15(30)24-13-16(31)28-14(18(32)33)8(6-38-17(13)28)5-37-11-2-3-22-10-4-27(20(34)35)26-29(10)11/h2-4,7,13,17,26H,5-6H2,1H3,(H2,21,23)(H,24,30)(H,32,33)(H,34,35)/b25-12-/t13-,17-/m1/s1. The zero-order valence-electron chi connectivity index (χ0n) is 19.8. The number of aliphatic carboxylic acids is 1. The number of nitrogens with zero attached hydrogens (tertiary/aromatic N) is 6. The fraction of sp³-hybridized carbons (Fsp3) is 0.250. The molecule has 0 aromatic carbocycles. The minimum Gasteiger partial charge on any atom is -0.477 e. The van der Waals surface area contributed by atoms with Gasteiger partial charge in [0.05, 0.1) is 11.2 Å². The van der Waals surface area contributed by atoms with Crippen LogP contribution < -0.4 is 16.6 Å². The number of nitrogens with two attached hydrogens (primary N) is 1. The monoisotopic (exact) mass is 593 g/mol. The van der Waals surface area contributed by atoms with Crippen LogP contribution in [0.1, 0.15) is 5.69 Å². The summed E-state index contributed by atoms with van der Waals surface area (Å²) in [7, 11) is 1.26. The van der Waals surface area contributed by atoms with E-state index >= 15 is 0 Å². The van der Waals surface area contributed by atoms with Gasteiger partial charge in [-0.15, -0.1) is 40.4 Å². The van der Waals surface area contributed by atoms with Gasteiger partial charge in [-0.05, 0) is 11.6 Å². The molecule has 0 radical (unpaired) electrons. The first-order chi connectivity index (χ1) is 18.7. The maximum Gasteiger partial charge on any atom is 0.427 e. The van der Waals surface area contributed by atoms with Crippen LogP contribution in [0.25, 0.3) is 0 Å². The van der Waals surface area contributed by atoms with E-state index in [-0.39, 0.29) is 33.7 Å². The summed E-state index contributed by atoms with van der Waals surface area (Å²) >= 11 is 3.67. The lowest BCUT2D eigenvalue weighted by atomic mass is 10.0. The van der Waals surface area contributed by atoms with E-state index in [0.717, 1.165) is 21.2 Å². The van der Waals surface area contributed by atoms with E-state index in [0.29, 0.717) is 16.4 Å². The fourth-order valence-electron chi connectivity index (χ4n) is 3.93. The van der Waals surface area contributed by atoms with E-state index in [1.807, 2.05) is 0 Å². The van der Waals surface area contributed by atoms with Crippen LogP contribution in [0.15, 0.2) is 49.9 Å². The number of anilines is 1. The number of carbonyl (C=O) groups excluding carboxylic acids is 2. The van der Waals surface area contributed by atoms with E-state index in [1.165, 1.54) is 53.4 Å². The Bertz CT molecular complexity index is 1420. The molecule has 2 atom stereocenters. The van der Waals surface area contributed by atoms with Crippen molar-refractivity contribution in [2.75, 3.05) is 24.3 Å². The Morgan fingerprint density at radius 2 is 2.18 bits per heavy atom. The Balaban J connectivity index is 1.28. The van der Waals surface area contributed by atoms with Gasteiger partial charge in [-0.2, -0.15) is 5.01 Å². The Morgan fingerprint density at radius 3 is 2.85 bits per heavy atom. The molecule has 1 fully saturated rings. The lowest BCUT2D eigenvalue weighted by Crippen LogP contribution is -2.71. The van der Waals surface area contributed by atoms with Crippen molar-refractivity contribution >= 4 is 75.8 Å². The normalized spacial score (nSPS) is 22.1. The number of hydrazine groups is 2. The number of aliphatic imine (C=N–C) groups is 1. The second-order valence-electron chi connectivity index (χ2n) is 7.96. The highest BCUT2D eigenvalue weighted by atomic mass is 32.2. The Labute approximate surface area is 231 Å². The van der Waals surface area contributed by atoms with E-state index < -0.39 is 35.3 Å². The van der Waals surface area contributed by atoms with Crippen molar-refractivity contribution in [2.24, 2.45) is 10.1 Å². The third-order valence-corrected chi connectivity index (χ3v) is 8.75. The van der Waals surface area contributed by atoms with Gasteiger partial charge in [0, 0.05) is 23.1 Å². The molecule has 0 spiro atoms. The lowest BCUT2D eigenvalue weighted by molar-refractivity contribution is -0.150. The molecular weight excluding hydrogens is 574 g/mol. The van der Waals surface area contributed by atoms with Crippen LogP contribution >= 0.6 is 34.9 Å². The molecule has 0 unspecified atom stereocenters. The zero-order chi connectivity index (χ0) is 27.8. The molecule has 204 valence electrons. The van der Waals surface area contributed by atoms with Gasteiger partial charge in [-0.1, -0.05) is 5.16 Å². The molecule has 5 heterocycles. The second kappa shape index (κ2) is 10.6. The number of thioether (sulfide) groups is 2. The van der Waals surface area contributed by atoms with Crippen molar-refractivity contribution in [3.63, 3.8) is 0 Å². The average Bonchev–Trinajstić information content (AvgIpc) is 3.55. The van der Waals surface area contributed by atoms with Crippen molar-refractivity contribution < 1.29 is 34.2 Å². The molecule has 1 aromatic rings. The highest BCUT2D eigenvalue weighted by Crippen LogP contribution is 2.42. The predicted octanol–water partition coefficient (Wildman–Crippen LogP) is -0.0125. The predicted molar refractivity (Wildman–Crippen MR) is 142 cm³/mol. The number of allylic oxidation sites excluding steroid dienone is 1. The number of rotatable bonds is 8. The maximum atomic E-state index is 13.0. The Hall–Kier alpha value is -4.07. The summed E-state index contributed by atoms with van der Waals surface area (Å²) in [5, 5.41) is 29.5. The summed E-state index contributed by atoms with van der Waals surface area (Å²) in [4.78, 5) is 63.5. The van der Waals surface area contributed by atoms with E-state index in [2.05, 4.69) is 26.0 Å². The van der Waals surface area contributed by atoms with Crippen molar-refractivity contribution in [3.05, 3.63) is 45.5 Å². The second-order valence-corrected chi connectivity index (χ2v) is 10.9. The number of amides is 3. The first-order valence-corrected chi connectivity index (χ1v) is 13.8. The van der Waals surface area contributed by atoms with Gasteiger partial charge in [0.25, 0.3) is 11.8 Å². The molecule has 4 aliphatic heterocycles. The number of nitrogen functional groups attached to an aromatic ring is 1. The molecule has 1 saturated heterocycles. The van der Waals surface area contributed by atoms with Crippen LogP contribution in [0.4, 0.5) is 9.93 Å². The molecule has 39 heavy (non-hydrogen) atoms. The maximum absolute atomic E-state index is 13.0. The summed E-state index contributed by atoms with van der Waals surface area (Å²) in [5.41, 5.74) is 8.65. The molecular formula is C20H19N9O7S3. The van der Waals surface area contributed by atoms with Gasteiger partial charge in [-0.3, -0.25) is 14.5 Å². The molecule has 6 N–H and O–H groups in total. The van der Waals surface area contributed by atoms with E-state index in [1.54, 1.807) is 6.08 Å². The summed E-state index contributed by atoms with van der Waals surface area (Å²) in [6.45, 7) is 0. The van der Waals surface area contributed by atoms with E-state index in [9.17, 15) is 29.4 Å². The molecule has 0 aliphatic carbocycles. The topological polar surface area (TPSA) is 215 Å². The molecule has 1 aromatic heterocycles. The first kappa shape index (κ1) is 26.5. The van der Waals surface area contributed by atoms with Gasteiger partial charge in [0.1, 0.15) is 29.9 Å². The summed E-state index contributed by atoms with van der Waals surface area (Å²) in [5.74, 6) is -1.73. The summed E-state index contributed by atoms with van der Waals surface area (Å²) < 4.78 is 0. The van der Waals surface area contributed by atoms with Crippen molar-refractivity contribution in [1.82, 2.24) is 30.8 Å². The number of aromatic nitrogens is 1. The number of oxime groups is 1. The van der Waals surface area contributed by atoms with Crippen LogP contribution in [0.3, 0.4) is 0 Å². The quantitative estimate of drug-likeness (QED) is 0.152. The fourth-order valence-corrected chi connectivity index (χ4v) is 6.94. The molecule has 5 rings (SSSR count). The zero-order valence-corrected chi connectivity index (χ0v) is 22.2. The lowest BCUT2D eigenvalue weighted by Gasteiger charge is -2.49. The number of carbonyl (C=O) groups is 4. The number of hydrogen-bond donors (Lipinski definition) is 5. The molecule has 0 bridgehead atoms. The Kier molecular flexibility index (Phi) is 7.21. The number of carboxylic acids is 1. The van der Waals surface area contributed by atoms with Crippen molar-refractivity contribution in [2.45, 2.75) is 11.4 Å². The van der Waals surface area contributed by atoms with Crippen molar-refractivity contribution in [3.8, 4) is 0 Å². The highest BCUT2D eigenvalue weighted by molar-refractivity contribution is 8.03. The van der Waals surface area contributed by atoms with E-state index in [4.69, 9.17) is 10.6 Å². The van der Waals surface area contributed by atoms with Crippen LogP contribution in [0, 0.1) is 0 Å². The first-order valence-electron chi connectivity index (χ1n) is 10.9. The minimum atomic E-state index is -1.27. The van der Waals surface area contributed by atoms with Gasteiger partial charge >= 0.3 is 12.1 Å². The third-order valence-electron chi connectivity index (χ3n) is 5.62. The molecule has 16 nitrogen and oxygen atoms in total. The SMILES string of the molecule is CO/N=C(\C(=O)N[C@@H]1C(=O)N2C(C(=O)O)=C(CSC3=CC=NC4=CN(C(=O)O)NN43)CS[C@H]12)c1csc(N)n1. The number of carboxylic acid groups (broad SMARTS) is 2. The molecule has 0 saturated carbocycles. The third kappa shape index (κ3) is 4.91. The van der Waals surface area contributed by atoms with Crippen LogP contribution in [0.5, 0.6) is 0 Å². The largest absolute Gasteiger partial charge is 0.477 e. The Morgan fingerprint density at radius 1 is 1.38 bits per heavy atom. The summed E-state index contributed by atoms with van der Waals surface area (Å²) in [6, 6.07) is -0.982. The number of thiazole rings is 1. The van der Waals surface area contributed by atoms with Crippen LogP contribution in [-0.4, -0.2) is 95.9 Å². The number of β-lactam (4-membered cyclic amide) rings is 1. The molecule has 4 aliphatic rings. The highest BCUT2D eigenvalue weighted by Gasteiger charge is 2.54. The number of fused-ring (bicyclic) bond motifs is 2. The van der Waals surface area contributed by atoms with Gasteiger partial charge in [0.2, 0.25) is 0 Å². The minimum absolute atomic E-state index is 0.151. The van der Waals surface area contributed by atoms with Crippen molar-refractivity contribution in [1.29, 1.82) is 0 Å². The average molecular weight is 594 g/mol.